The highest BCUT2D eigenvalue weighted by molar-refractivity contribution is 6.35. The summed E-state index contributed by atoms with van der Waals surface area (Å²) >= 11 is 6.17. The Balaban J connectivity index is 1.24. The van der Waals surface area contributed by atoms with Gasteiger partial charge in [-0.1, -0.05) is 41.5 Å². The first-order valence-corrected chi connectivity index (χ1v) is 14.5. The number of rotatable bonds is 8. The molecule has 0 atom stereocenters. The number of halogens is 2. The molecule has 1 aromatic carbocycles. The number of aromatic nitrogens is 2. The van der Waals surface area contributed by atoms with Crippen LogP contribution in [0.3, 0.4) is 0 Å². The minimum absolute atomic E-state index is 0.0273. The van der Waals surface area contributed by atoms with Gasteiger partial charge < -0.3 is 19.9 Å². The molecule has 2 aromatic heterocycles. The van der Waals surface area contributed by atoms with E-state index in [1.165, 1.54) is 6.07 Å². The van der Waals surface area contributed by atoms with Gasteiger partial charge in [0, 0.05) is 65.7 Å². The Morgan fingerprint density at radius 3 is 2.67 bits per heavy atom. The zero-order valence-corrected chi connectivity index (χ0v) is 25.0. The van der Waals surface area contributed by atoms with Crippen LogP contribution in [0.2, 0.25) is 5.02 Å². The zero-order valence-electron chi connectivity index (χ0n) is 24.2. The van der Waals surface area contributed by atoms with E-state index in [1.807, 2.05) is 25.7 Å². The molecule has 0 saturated heterocycles. The Labute approximate surface area is 250 Å². The number of ether oxygens (including phenoxy) is 1. The van der Waals surface area contributed by atoms with Crippen molar-refractivity contribution in [2.45, 2.75) is 71.1 Å². The fraction of sp³-hybridized carbons (Fsp3) is 0.364. The fourth-order valence-corrected chi connectivity index (χ4v) is 5.28. The second kappa shape index (κ2) is 12.1. The van der Waals surface area contributed by atoms with Crippen molar-refractivity contribution in [3.05, 3.63) is 99.8 Å². The van der Waals surface area contributed by atoms with Crippen molar-refractivity contribution in [2.75, 3.05) is 6.54 Å². The summed E-state index contributed by atoms with van der Waals surface area (Å²) in [6.45, 7) is 10.5. The average molecular weight is 591 g/mol. The van der Waals surface area contributed by atoms with Gasteiger partial charge in [0.1, 0.15) is 11.4 Å². The Morgan fingerprint density at radius 2 is 1.93 bits per heavy atom. The molecule has 2 aliphatic carbocycles. The summed E-state index contributed by atoms with van der Waals surface area (Å²) in [6, 6.07) is 6.65. The maximum Gasteiger partial charge on any atom is 0.410 e. The van der Waals surface area contributed by atoms with Gasteiger partial charge in [0.25, 0.3) is 5.91 Å². The summed E-state index contributed by atoms with van der Waals surface area (Å²) in [7, 11) is 0. The standard InChI is InChI=1S/C33H36ClFN4O3/c1-20-11-21(5-6-22(12-20)19-39(26-7-8-26)32(41)42-33(2,3)4)13-25-14-23(9-10-36-25)31(40)38-17-24-15-27-28(34)18-37-30(27)16-29(24)35/h5-6,9-10,14-16,18,26,37H,1,7-8,11-13,17,19H2,2-4H3,(H,38,40). The zero-order chi connectivity index (χ0) is 30.0. The van der Waals surface area contributed by atoms with Crippen LogP contribution >= 0.6 is 11.6 Å². The predicted octanol–water partition coefficient (Wildman–Crippen LogP) is 7.43. The highest BCUT2D eigenvalue weighted by Gasteiger charge is 2.35. The number of carbonyl (C=O) groups is 2. The van der Waals surface area contributed by atoms with Crippen molar-refractivity contribution in [3.63, 3.8) is 0 Å². The lowest BCUT2D eigenvalue weighted by molar-refractivity contribution is 0.0251. The lowest BCUT2D eigenvalue weighted by atomic mass is 9.99. The lowest BCUT2D eigenvalue weighted by Gasteiger charge is -2.28. The Morgan fingerprint density at radius 1 is 1.19 bits per heavy atom. The summed E-state index contributed by atoms with van der Waals surface area (Å²) in [4.78, 5) is 35.0. The minimum atomic E-state index is -0.543. The number of fused-ring (bicyclic) bond motifs is 1. The van der Waals surface area contributed by atoms with E-state index in [4.69, 9.17) is 16.3 Å². The first-order valence-electron chi connectivity index (χ1n) is 14.2. The van der Waals surface area contributed by atoms with Crippen molar-refractivity contribution in [1.82, 2.24) is 20.2 Å². The quantitative estimate of drug-likeness (QED) is 0.267. The van der Waals surface area contributed by atoms with Gasteiger partial charge in [-0.3, -0.25) is 9.78 Å². The van der Waals surface area contributed by atoms with Crippen molar-refractivity contribution in [2.24, 2.45) is 0 Å². The second-order valence-corrected chi connectivity index (χ2v) is 12.5. The van der Waals surface area contributed by atoms with Crippen LogP contribution in [-0.2, 0) is 17.7 Å². The number of benzene rings is 1. The molecule has 5 rings (SSSR count). The molecule has 1 fully saturated rings. The van der Waals surface area contributed by atoms with Gasteiger partial charge in [0.05, 0.1) is 5.02 Å². The lowest BCUT2D eigenvalue weighted by Crippen LogP contribution is -2.39. The molecule has 1 saturated carbocycles. The summed E-state index contributed by atoms with van der Waals surface area (Å²) in [6.07, 6.45) is 11.0. The highest BCUT2D eigenvalue weighted by Crippen LogP contribution is 2.32. The van der Waals surface area contributed by atoms with E-state index >= 15 is 0 Å². The van der Waals surface area contributed by atoms with Crippen molar-refractivity contribution in [3.8, 4) is 0 Å². The molecule has 2 amide bonds. The largest absolute Gasteiger partial charge is 0.444 e. The van der Waals surface area contributed by atoms with Gasteiger partial charge in [-0.2, -0.15) is 0 Å². The van der Waals surface area contributed by atoms with Gasteiger partial charge in [-0.15, -0.1) is 0 Å². The smallest absolute Gasteiger partial charge is 0.410 e. The summed E-state index contributed by atoms with van der Waals surface area (Å²) in [5, 5.41) is 4.00. The topological polar surface area (TPSA) is 87.3 Å². The minimum Gasteiger partial charge on any atom is -0.444 e. The first kappa shape index (κ1) is 29.6. The number of H-pyrrole nitrogens is 1. The molecule has 3 aromatic rings. The summed E-state index contributed by atoms with van der Waals surface area (Å²) in [5.74, 6) is -0.738. The number of pyridine rings is 1. The number of carbonyl (C=O) groups excluding carboxylic acids is 2. The molecule has 0 unspecified atom stereocenters. The van der Waals surface area contributed by atoms with Gasteiger partial charge in [0.2, 0.25) is 0 Å². The van der Waals surface area contributed by atoms with Crippen molar-refractivity contribution < 1.29 is 18.7 Å². The normalized spacial score (nSPS) is 15.6. The third kappa shape index (κ3) is 7.48. The van der Waals surface area contributed by atoms with Crippen LogP contribution in [0.25, 0.3) is 10.9 Å². The Hall–Kier alpha value is -3.91. The molecule has 0 aliphatic heterocycles. The Kier molecular flexibility index (Phi) is 8.55. The molecule has 42 heavy (non-hydrogen) atoms. The third-order valence-electron chi connectivity index (χ3n) is 7.22. The molecule has 0 spiro atoms. The van der Waals surface area contributed by atoms with Crippen molar-refractivity contribution >= 4 is 34.5 Å². The van der Waals surface area contributed by atoms with Gasteiger partial charge in [-0.25, -0.2) is 9.18 Å². The maximum atomic E-state index is 14.5. The van der Waals surface area contributed by atoms with Crippen LogP contribution < -0.4 is 5.32 Å². The molecule has 0 radical (unpaired) electrons. The van der Waals surface area contributed by atoms with Crippen LogP contribution in [-0.4, -0.2) is 45.1 Å². The van der Waals surface area contributed by atoms with Gasteiger partial charge >= 0.3 is 6.09 Å². The molecule has 7 nitrogen and oxygen atoms in total. The number of amides is 2. The molecule has 2 heterocycles. The maximum absolute atomic E-state index is 14.5. The summed E-state index contributed by atoms with van der Waals surface area (Å²) in [5.41, 5.74) is 4.89. The van der Waals surface area contributed by atoms with Crippen LogP contribution in [0, 0.1) is 5.82 Å². The van der Waals surface area contributed by atoms with E-state index < -0.39 is 11.4 Å². The molecular weight excluding hydrogens is 555 g/mol. The number of allylic oxidation sites excluding steroid dienone is 4. The fourth-order valence-electron chi connectivity index (χ4n) is 5.07. The van der Waals surface area contributed by atoms with Crippen molar-refractivity contribution in [1.29, 1.82) is 0 Å². The van der Waals surface area contributed by atoms with E-state index in [0.29, 0.717) is 52.9 Å². The van der Waals surface area contributed by atoms with Crippen LogP contribution in [0.5, 0.6) is 0 Å². The third-order valence-corrected chi connectivity index (χ3v) is 7.54. The summed E-state index contributed by atoms with van der Waals surface area (Å²) < 4.78 is 20.2. The number of nitrogens with one attached hydrogen (secondary N) is 2. The van der Waals surface area contributed by atoms with Crippen LogP contribution in [0.15, 0.2) is 72.1 Å². The molecular formula is C33H36ClFN4O3. The van der Waals surface area contributed by atoms with E-state index in [1.54, 1.807) is 30.6 Å². The van der Waals surface area contributed by atoms with E-state index in [-0.39, 0.29) is 24.6 Å². The monoisotopic (exact) mass is 590 g/mol. The van der Waals surface area contributed by atoms with E-state index in [0.717, 1.165) is 35.3 Å². The molecule has 220 valence electrons. The highest BCUT2D eigenvalue weighted by atomic mass is 35.5. The predicted molar refractivity (Wildman–Crippen MR) is 163 cm³/mol. The average Bonchev–Trinajstić information content (AvgIpc) is 3.72. The molecule has 0 bridgehead atoms. The van der Waals surface area contributed by atoms with Crippen LogP contribution in [0.1, 0.15) is 68.1 Å². The number of nitrogens with zero attached hydrogens (tertiary/aromatic N) is 2. The second-order valence-electron chi connectivity index (χ2n) is 12.1. The van der Waals surface area contributed by atoms with Gasteiger partial charge in [-0.05, 0) is 76.3 Å². The Bertz CT molecular complexity index is 1600. The molecule has 9 heteroatoms. The number of aromatic amines is 1. The van der Waals surface area contributed by atoms with E-state index in [9.17, 15) is 14.0 Å². The van der Waals surface area contributed by atoms with Gasteiger partial charge in [0.15, 0.2) is 0 Å². The number of hydrogen-bond acceptors (Lipinski definition) is 4. The molecule has 2 aliphatic rings. The SMILES string of the molecule is C=C1CC(Cc2cc(C(=O)NCc3cc4c(Cl)c[nH]c4cc3F)ccn2)=CC=C(CN(C(=O)OC(C)(C)C)C2CC2)C1. The van der Waals surface area contributed by atoms with E-state index in [2.05, 4.69) is 34.0 Å². The molecule has 2 N–H and O–H groups in total. The first-order chi connectivity index (χ1) is 19.9. The number of hydrogen-bond donors (Lipinski definition) is 2. The van der Waals surface area contributed by atoms with Crippen LogP contribution in [0.4, 0.5) is 9.18 Å².